The Bertz CT molecular complexity index is 501. The zero-order valence-electron chi connectivity index (χ0n) is 10.2. The number of hydrogen-bond donors (Lipinski definition) is 1. The first-order valence-electron chi connectivity index (χ1n) is 5.72. The number of anilines is 1. The molecule has 0 bridgehead atoms. The van der Waals surface area contributed by atoms with Crippen LogP contribution in [0.2, 0.25) is 0 Å². The van der Waals surface area contributed by atoms with Crippen molar-refractivity contribution in [3.8, 4) is 5.75 Å². The molecule has 6 nitrogen and oxygen atoms in total. The van der Waals surface area contributed by atoms with E-state index in [2.05, 4.69) is 0 Å². The summed E-state index contributed by atoms with van der Waals surface area (Å²) >= 11 is 0. The number of likely N-dealkylation sites (N-methyl/N-ethyl adjacent to an activating group) is 1. The Morgan fingerprint density at radius 1 is 1.28 bits per heavy atom. The van der Waals surface area contributed by atoms with Crippen LogP contribution in [-0.4, -0.2) is 46.0 Å². The van der Waals surface area contributed by atoms with Crippen LogP contribution in [0.5, 0.6) is 5.75 Å². The number of nitrogens with two attached hydrogens (primary N) is 1. The average molecular weight is 271 g/mol. The predicted octanol–water partition coefficient (Wildman–Crippen LogP) is 0.0207. The summed E-state index contributed by atoms with van der Waals surface area (Å²) in [5.41, 5.74) is 5.99. The van der Waals surface area contributed by atoms with Crippen molar-refractivity contribution in [2.45, 2.75) is 0 Å². The van der Waals surface area contributed by atoms with E-state index in [4.69, 9.17) is 10.5 Å². The first-order valence-corrected chi connectivity index (χ1v) is 7.12. The molecule has 0 spiro atoms. The number of benzene rings is 1. The Kier molecular flexibility index (Phi) is 3.74. The first kappa shape index (κ1) is 13.1. The molecule has 2 rings (SSSR count). The van der Waals surface area contributed by atoms with Gasteiger partial charge in [0.25, 0.3) is 0 Å². The quantitative estimate of drug-likeness (QED) is 0.837. The molecular formula is C11H17N3O3S. The molecule has 0 aliphatic carbocycles. The highest BCUT2D eigenvalue weighted by atomic mass is 32.2. The predicted molar refractivity (Wildman–Crippen MR) is 69.9 cm³/mol. The van der Waals surface area contributed by atoms with Gasteiger partial charge in [-0.05, 0) is 24.3 Å². The van der Waals surface area contributed by atoms with Crippen LogP contribution in [0, 0.1) is 0 Å². The lowest BCUT2D eigenvalue weighted by Crippen LogP contribution is -2.30. The molecule has 1 aliphatic rings. The fourth-order valence-electron chi connectivity index (χ4n) is 1.78. The van der Waals surface area contributed by atoms with Crippen LogP contribution in [0.3, 0.4) is 0 Å². The highest BCUT2D eigenvalue weighted by molar-refractivity contribution is 7.90. The summed E-state index contributed by atoms with van der Waals surface area (Å²) in [5.74, 6) is 0.689. The van der Waals surface area contributed by atoms with Crippen LogP contribution >= 0.6 is 0 Å². The van der Waals surface area contributed by atoms with Crippen molar-refractivity contribution >= 4 is 15.9 Å². The van der Waals surface area contributed by atoms with Gasteiger partial charge in [-0.2, -0.15) is 12.7 Å². The lowest BCUT2D eigenvalue weighted by molar-refractivity contribution is 0.328. The number of nitrogens with zero attached hydrogens (tertiary/aromatic N) is 2. The van der Waals surface area contributed by atoms with E-state index in [1.807, 2.05) is 0 Å². The number of rotatable bonds is 4. The lowest BCUT2D eigenvalue weighted by atomic mass is 10.3. The van der Waals surface area contributed by atoms with E-state index in [0.29, 0.717) is 37.7 Å². The van der Waals surface area contributed by atoms with Crippen molar-refractivity contribution in [2.24, 2.45) is 5.73 Å². The van der Waals surface area contributed by atoms with Gasteiger partial charge in [0.15, 0.2) is 0 Å². The maximum absolute atomic E-state index is 12.0. The Morgan fingerprint density at radius 3 is 2.44 bits per heavy atom. The van der Waals surface area contributed by atoms with E-state index in [9.17, 15) is 8.42 Å². The molecule has 1 aliphatic heterocycles. The summed E-state index contributed by atoms with van der Waals surface area (Å²) < 4.78 is 32.0. The molecule has 0 amide bonds. The van der Waals surface area contributed by atoms with Gasteiger partial charge in [0.2, 0.25) is 0 Å². The van der Waals surface area contributed by atoms with E-state index in [-0.39, 0.29) is 0 Å². The average Bonchev–Trinajstić information content (AvgIpc) is 2.63. The molecule has 0 radical (unpaired) electrons. The van der Waals surface area contributed by atoms with E-state index in [0.717, 1.165) is 0 Å². The monoisotopic (exact) mass is 271 g/mol. The minimum absolute atomic E-state index is 0.449. The molecule has 0 saturated carbocycles. The van der Waals surface area contributed by atoms with Crippen LogP contribution in [-0.2, 0) is 10.2 Å². The van der Waals surface area contributed by atoms with Crippen molar-refractivity contribution in [3.63, 3.8) is 0 Å². The topological polar surface area (TPSA) is 75.9 Å². The van der Waals surface area contributed by atoms with Gasteiger partial charge in [0.1, 0.15) is 12.4 Å². The van der Waals surface area contributed by atoms with Gasteiger partial charge in [-0.25, -0.2) is 0 Å². The van der Waals surface area contributed by atoms with Gasteiger partial charge < -0.3 is 10.5 Å². The zero-order chi connectivity index (χ0) is 13.2. The van der Waals surface area contributed by atoms with Gasteiger partial charge >= 0.3 is 10.2 Å². The molecule has 0 atom stereocenters. The molecule has 1 aromatic rings. The van der Waals surface area contributed by atoms with Gasteiger partial charge in [-0.1, -0.05) is 0 Å². The molecule has 7 heteroatoms. The molecule has 1 aromatic carbocycles. The van der Waals surface area contributed by atoms with E-state index in [1.54, 1.807) is 31.3 Å². The number of hydrogen-bond acceptors (Lipinski definition) is 4. The zero-order valence-corrected chi connectivity index (χ0v) is 11.1. The summed E-state index contributed by atoms with van der Waals surface area (Å²) in [7, 11) is -1.77. The van der Waals surface area contributed by atoms with Crippen molar-refractivity contribution in [1.29, 1.82) is 0 Å². The van der Waals surface area contributed by atoms with Crippen LogP contribution in [0.15, 0.2) is 24.3 Å². The molecule has 2 N–H and O–H groups in total. The van der Waals surface area contributed by atoms with Crippen molar-refractivity contribution in [3.05, 3.63) is 24.3 Å². The molecular weight excluding hydrogens is 254 g/mol. The smallest absolute Gasteiger partial charge is 0.303 e. The Labute approximate surface area is 107 Å². The Hall–Kier alpha value is -1.31. The molecule has 18 heavy (non-hydrogen) atoms. The van der Waals surface area contributed by atoms with E-state index in [1.165, 1.54) is 8.61 Å². The second-order valence-electron chi connectivity index (χ2n) is 4.03. The molecule has 100 valence electrons. The summed E-state index contributed by atoms with van der Waals surface area (Å²) in [4.78, 5) is 0. The van der Waals surface area contributed by atoms with Gasteiger partial charge in [0.05, 0.1) is 5.69 Å². The fraction of sp³-hybridized carbons (Fsp3) is 0.455. The third-order valence-electron chi connectivity index (χ3n) is 2.80. The largest absolute Gasteiger partial charge is 0.492 e. The maximum atomic E-state index is 12.0. The summed E-state index contributed by atoms with van der Waals surface area (Å²) in [6.45, 7) is 1.88. The third-order valence-corrected chi connectivity index (χ3v) is 4.72. The van der Waals surface area contributed by atoms with Crippen LogP contribution in [0.25, 0.3) is 0 Å². The van der Waals surface area contributed by atoms with Gasteiger partial charge in [-0.15, -0.1) is 0 Å². The summed E-state index contributed by atoms with van der Waals surface area (Å²) in [6.07, 6.45) is 0. The third kappa shape index (κ3) is 2.43. The van der Waals surface area contributed by atoms with Crippen molar-refractivity contribution in [2.75, 3.05) is 37.6 Å². The SMILES string of the molecule is CN1CCN(c2ccc(OCCN)cc2)S1(=O)=O. The second kappa shape index (κ2) is 5.13. The molecule has 1 saturated heterocycles. The summed E-state index contributed by atoms with van der Waals surface area (Å²) in [6, 6.07) is 6.97. The van der Waals surface area contributed by atoms with Crippen LogP contribution < -0.4 is 14.8 Å². The standard InChI is InChI=1S/C11H17N3O3S/c1-13-7-8-14(18(13,15)16)10-2-4-11(5-3-10)17-9-6-12/h2-5H,6-9,12H2,1H3. The molecule has 0 unspecified atom stereocenters. The van der Waals surface area contributed by atoms with Crippen molar-refractivity contribution in [1.82, 2.24) is 4.31 Å². The molecule has 1 fully saturated rings. The fourth-order valence-corrected chi connectivity index (χ4v) is 3.13. The van der Waals surface area contributed by atoms with Gasteiger partial charge in [-0.3, -0.25) is 4.31 Å². The second-order valence-corrected chi connectivity index (χ2v) is 5.99. The maximum Gasteiger partial charge on any atom is 0.303 e. The van der Waals surface area contributed by atoms with E-state index < -0.39 is 10.2 Å². The van der Waals surface area contributed by atoms with E-state index >= 15 is 0 Å². The molecule has 0 aromatic heterocycles. The van der Waals surface area contributed by atoms with Crippen LogP contribution in [0.1, 0.15) is 0 Å². The Morgan fingerprint density at radius 2 is 1.94 bits per heavy atom. The minimum Gasteiger partial charge on any atom is -0.492 e. The number of ether oxygens (including phenoxy) is 1. The van der Waals surface area contributed by atoms with Crippen LogP contribution in [0.4, 0.5) is 5.69 Å². The van der Waals surface area contributed by atoms with Crippen molar-refractivity contribution < 1.29 is 13.2 Å². The normalized spacial score (nSPS) is 19.1. The summed E-state index contributed by atoms with van der Waals surface area (Å²) in [5, 5.41) is 0. The highest BCUT2D eigenvalue weighted by Crippen LogP contribution is 2.25. The molecule has 1 heterocycles. The lowest BCUT2D eigenvalue weighted by Gasteiger charge is -2.18. The Balaban J connectivity index is 2.15. The van der Waals surface area contributed by atoms with Gasteiger partial charge in [0, 0.05) is 26.7 Å². The first-order chi connectivity index (χ1) is 8.55. The minimum atomic E-state index is -3.34. The highest BCUT2D eigenvalue weighted by Gasteiger charge is 2.33.